The number of rotatable bonds is 5. The predicted molar refractivity (Wildman–Crippen MR) is 84.2 cm³/mol. The minimum Gasteiger partial charge on any atom is -0.497 e. The van der Waals surface area contributed by atoms with Crippen LogP contribution in [0.5, 0.6) is 5.75 Å². The molecule has 0 aliphatic heterocycles. The van der Waals surface area contributed by atoms with Gasteiger partial charge in [0, 0.05) is 12.0 Å². The first-order chi connectivity index (χ1) is 10.1. The average molecular weight is 280 g/mol. The smallest absolute Gasteiger partial charge is 0.118 e. The zero-order chi connectivity index (χ0) is 15.2. The molecule has 0 aromatic heterocycles. The summed E-state index contributed by atoms with van der Waals surface area (Å²) in [4.78, 5) is 0. The summed E-state index contributed by atoms with van der Waals surface area (Å²) < 4.78 is 5.18. The number of hydrogen-bond donors (Lipinski definition) is 1. The number of methoxy groups -OCH3 is 1. The van der Waals surface area contributed by atoms with E-state index in [9.17, 15) is 0 Å². The quantitative estimate of drug-likeness (QED) is 0.914. The summed E-state index contributed by atoms with van der Waals surface area (Å²) in [5, 5.41) is 9.03. The van der Waals surface area contributed by atoms with Crippen LogP contribution in [0, 0.1) is 11.3 Å². The fraction of sp³-hybridized carbons (Fsp3) is 0.278. The van der Waals surface area contributed by atoms with Crippen LogP contribution < -0.4 is 10.5 Å². The molecule has 2 rings (SSSR count). The molecular formula is C18H20N2O. The summed E-state index contributed by atoms with van der Waals surface area (Å²) in [5.74, 6) is 1.04. The van der Waals surface area contributed by atoms with Crippen LogP contribution in [-0.2, 0) is 6.42 Å². The molecule has 21 heavy (non-hydrogen) atoms. The standard InChI is InChI=1S/C18H20N2O/c1-13(20)18(16-5-3-4-15(10-16)12-19)11-14-6-8-17(21-2)9-7-14/h3-10,13,18H,11,20H2,1-2H3. The molecule has 2 aromatic rings. The van der Waals surface area contributed by atoms with Crippen LogP contribution in [0.3, 0.4) is 0 Å². The summed E-state index contributed by atoms with van der Waals surface area (Å²) in [5.41, 5.74) is 9.15. The first kappa shape index (κ1) is 15.1. The Kier molecular flexibility index (Phi) is 4.97. The zero-order valence-corrected chi connectivity index (χ0v) is 12.4. The maximum atomic E-state index is 9.03. The highest BCUT2D eigenvalue weighted by molar-refractivity contribution is 5.36. The maximum absolute atomic E-state index is 9.03. The second-order valence-electron chi connectivity index (χ2n) is 5.26. The van der Waals surface area contributed by atoms with E-state index in [1.807, 2.05) is 43.3 Å². The highest BCUT2D eigenvalue weighted by Crippen LogP contribution is 2.25. The van der Waals surface area contributed by atoms with Crippen LogP contribution in [0.15, 0.2) is 48.5 Å². The summed E-state index contributed by atoms with van der Waals surface area (Å²) in [6.45, 7) is 2.01. The molecule has 3 heteroatoms. The van der Waals surface area contributed by atoms with Gasteiger partial charge in [-0.05, 0) is 48.7 Å². The molecule has 0 amide bonds. The lowest BCUT2D eigenvalue weighted by atomic mass is 9.86. The molecule has 0 bridgehead atoms. The largest absolute Gasteiger partial charge is 0.497 e. The van der Waals surface area contributed by atoms with Crippen molar-refractivity contribution in [1.29, 1.82) is 5.26 Å². The number of benzene rings is 2. The van der Waals surface area contributed by atoms with E-state index in [0.717, 1.165) is 17.7 Å². The van der Waals surface area contributed by atoms with Gasteiger partial charge in [-0.3, -0.25) is 0 Å². The van der Waals surface area contributed by atoms with Crippen molar-refractivity contribution >= 4 is 0 Å². The maximum Gasteiger partial charge on any atom is 0.118 e. The first-order valence-electron chi connectivity index (χ1n) is 7.02. The van der Waals surface area contributed by atoms with Gasteiger partial charge in [-0.1, -0.05) is 24.3 Å². The Balaban J connectivity index is 2.24. The van der Waals surface area contributed by atoms with E-state index in [-0.39, 0.29) is 12.0 Å². The first-order valence-corrected chi connectivity index (χ1v) is 7.02. The molecule has 0 aliphatic carbocycles. The molecule has 0 saturated carbocycles. The topological polar surface area (TPSA) is 59.0 Å². The van der Waals surface area contributed by atoms with Crippen LogP contribution in [0.2, 0.25) is 0 Å². The molecule has 0 fully saturated rings. The van der Waals surface area contributed by atoms with Crippen LogP contribution in [0.1, 0.15) is 29.5 Å². The Morgan fingerprint density at radius 3 is 2.48 bits per heavy atom. The summed E-state index contributed by atoms with van der Waals surface area (Å²) in [6.07, 6.45) is 0.844. The van der Waals surface area contributed by atoms with Crippen molar-refractivity contribution in [3.63, 3.8) is 0 Å². The lowest BCUT2D eigenvalue weighted by Crippen LogP contribution is -2.26. The second-order valence-corrected chi connectivity index (χ2v) is 5.26. The molecule has 2 atom stereocenters. The van der Waals surface area contributed by atoms with Crippen LogP contribution in [-0.4, -0.2) is 13.2 Å². The van der Waals surface area contributed by atoms with Crippen molar-refractivity contribution in [1.82, 2.24) is 0 Å². The van der Waals surface area contributed by atoms with Crippen LogP contribution in [0.25, 0.3) is 0 Å². The van der Waals surface area contributed by atoms with Gasteiger partial charge in [-0.2, -0.15) is 5.26 Å². The SMILES string of the molecule is COc1ccc(CC(c2cccc(C#N)c2)C(C)N)cc1. The lowest BCUT2D eigenvalue weighted by Gasteiger charge is -2.21. The molecule has 0 saturated heterocycles. The third-order valence-electron chi connectivity index (χ3n) is 3.69. The van der Waals surface area contributed by atoms with Gasteiger partial charge in [-0.15, -0.1) is 0 Å². The summed E-state index contributed by atoms with van der Waals surface area (Å²) >= 11 is 0. The fourth-order valence-electron chi connectivity index (χ4n) is 2.46. The molecule has 0 heterocycles. The minimum absolute atomic E-state index is 0.0149. The Labute approximate surface area is 126 Å². The van der Waals surface area contributed by atoms with Gasteiger partial charge >= 0.3 is 0 Å². The van der Waals surface area contributed by atoms with Crippen LogP contribution >= 0.6 is 0 Å². The third-order valence-corrected chi connectivity index (χ3v) is 3.69. The van der Waals surface area contributed by atoms with Gasteiger partial charge in [0.1, 0.15) is 5.75 Å². The molecular weight excluding hydrogens is 260 g/mol. The molecule has 0 radical (unpaired) electrons. The van der Waals surface area contributed by atoms with Gasteiger partial charge in [0.2, 0.25) is 0 Å². The van der Waals surface area contributed by atoms with Gasteiger partial charge in [0.25, 0.3) is 0 Å². The van der Waals surface area contributed by atoms with Gasteiger partial charge < -0.3 is 10.5 Å². The van der Waals surface area contributed by atoms with Crippen molar-refractivity contribution in [3.05, 3.63) is 65.2 Å². The molecule has 2 N–H and O–H groups in total. The van der Waals surface area contributed by atoms with Gasteiger partial charge in [-0.25, -0.2) is 0 Å². The van der Waals surface area contributed by atoms with E-state index < -0.39 is 0 Å². The molecule has 2 aromatic carbocycles. The number of hydrogen-bond acceptors (Lipinski definition) is 3. The van der Waals surface area contributed by atoms with E-state index in [4.69, 9.17) is 15.7 Å². The lowest BCUT2D eigenvalue weighted by molar-refractivity contribution is 0.414. The Hall–Kier alpha value is -2.31. The van der Waals surface area contributed by atoms with Crippen LogP contribution in [0.4, 0.5) is 0 Å². The zero-order valence-electron chi connectivity index (χ0n) is 12.4. The Morgan fingerprint density at radius 1 is 1.19 bits per heavy atom. The Bertz CT molecular complexity index is 626. The monoisotopic (exact) mass is 280 g/mol. The van der Waals surface area contributed by atoms with Crippen molar-refractivity contribution in [2.24, 2.45) is 5.73 Å². The van der Waals surface area contributed by atoms with E-state index in [1.54, 1.807) is 7.11 Å². The highest BCUT2D eigenvalue weighted by Gasteiger charge is 2.17. The summed E-state index contributed by atoms with van der Waals surface area (Å²) in [6, 6.07) is 17.9. The number of nitriles is 1. The van der Waals surface area contributed by atoms with Crippen molar-refractivity contribution in [3.8, 4) is 11.8 Å². The number of nitrogens with zero attached hydrogens (tertiary/aromatic N) is 1. The third kappa shape index (κ3) is 3.84. The van der Waals surface area contributed by atoms with Crippen molar-refractivity contribution in [2.75, 3.05) is 7.11 Å². The van der Waals surface area contributed by atoms with E-state index in [2.05, 4.69) is 18.2 Å². The second kappa shape index (κ2) is 6.92. The summed E-state index contributed by atoms with van der Waals surface area (Å²) in [7, 11) is 1.66. The molecule has 0 aliphatic rings. The highest BCUT2D eigenvalue weighted by atomic mass is 16.5. The molecule has 3 nitrogen and oxygen atoms in total. The molecule has 2 unspecified atom stereocenters. The predicted octanol–water partition coefficient (Wildman–Crippen LogP) is 3.24. The van der Waals surface area contributed by atoms with Gasteiger partial charge in [0.05, 0.1) is 18.7 Å². The van der Waals surface area contributed by atoms with E-state index in [0.29, 0.717) is 5.56 Å². The van der Waals surface area contributed by atoms with Crippen molar-refractivity contribution < 1.29 is 4.74 Å². The average Bonchev–Trinajstić information content (AvgIpc) is 2.53. The number of ether oxygens (including phenoxy) is 1. The molecule has 0 spiro atoms. The van der Waals surface area contributed by atoms with E-state index >= 15 is 0 Å². The van der Waals surface area contributed by atoms with Crippen molar-refractivity contribution in [2.45, 2.75) is 25.3 Å². The Morgan fingerprint density at radius 2 is 1.90 bits per heavy atom. The molecule has 108 valence electrons. The van der Waals surface area contributed by atoms with E-state index in [1.165, 1.54) is 5.56 Å². The fourth-order valence-corrected chi connectivity index (χ4v) is 2.46. The normalized spacial score (nSPS) is 13.2. The number of nitrogens with two attached hydrogens (primary N) is 1. The van der Waals surface area contributed by atoms with Gasteiger partial charge in [0.15, 0.2) is 0 Å². The minimum atomic E-state index is 0.0149.